The zero-order chi connectivity index (χ0) is 9.97. The molecule has 0 aromatic heterocycles. The summed E-state index contributed by atoms with van der Waals surface area (Å²) in [6.07, 6.45) is 4.28. The molecule has 0 heterocycles. The first-order chi connectivity index (χ1) is 6.83. The van der Waals surface area contributed by atoms with Crippen molar-refractivity contribution in [2.45, 2.75) is 25.3 Å². The van der Waals surface area contributed by atoms with Gasteiger partial charge in [0.1, 0.15) is 5.75 Å². The molecule has 0 radical (unpaired) electrons. The van der Waals surface area contributed by atoms with E-state index in [9.17, 15) is 9.90 Å². The van der Waals surface area contributed by atoms with Crippen LogP contribution in [0.2, 0.25) is 0 Å². The first kappa shape index (κ1) is 8.97. The van der Waals surface area contributed by atoms with Crippen molar-refractivity contribution in [3.8, 4) is 5.75 Å². The highest BCUT2D eigenvalue weighted by Crippen LogP contribution is 2.36. The number of rotatable bonds is 1. The lowest BCUT2D eigenvalue weighted by Gasteiger charge is -2.21. The van der Waals surface area contributed by atoms with E-state index in [0.717, 1.165) is 30.4 Å². The number of hydrogen-bond acceptors (Lipinski definition) is 3. The van der Waals surface area contributed by atoms with Crippen molar-refractivity contribution in [2.75, 3.05) is 0 Å². The van der Waals surface area contributed by atoms with Gasteiger partial charge >= 0.3 is 0 Å². The fourth-order valence-corrected chi connectivity index (χ4v) is 2.00. The molecule has 1 aromatic rings. The number of carbonyl (C=O) groups excluding carboxylic acids is 1. The van der Waals surface area contributed by atoms with Crippen LogP contribution in [0.5, 0.6) is 5.75 Å². The average Bonchev–Trinajstić information content (AvgIpc) is 2.20. The molecule has 1 N–H and O–H groups in total. The molecule has 72 valence electrons. The SMILES string of the molecule is O=C=NC1CCCc2c(O)cccc21. The summed E-state index contributed by atoms with van der Waals surface area (Å²) in [6.45, 7) is 0. The fourth-order valence-electron chi connectivity index (χ4n) is 2.00. The van der Waals surface area contributed by atoms with Gasteiger partial charge in [-0.25, -0.2) is 4.79 Å². The summed E-state index contributed by atoms with van der Waals surface area (Å²) in [5.41, 5.74) is 1.90. The van der Waals surface area contributed by atoms with Crippen molar-refractivity contribution in [3.63, 3.8) is 0 Å². The van der Waals surface area contributed by atoms with E-state index >= 15 is 0 Å². The highest BCUT2D eigenvalue weighted by Gasteiger charge is 2.21. The Morgan fingerprint density at radius 2 is 2.36 bits per heavy atom. The van der Waals surface area contributed by atoms with Gasteiger partial charge in [-0.2, -0.15) is 4.99 Å². The van der Waals surface area contributed by atoms with Gasteiger partial charge in [-0.3, -0.25) is 0 Å². The topological polar surface area (TPSA) is 49.7 Å². The molecule has 1 unspecified atom stereocenters. The first-order valence-electron chi connectivity index (χ1n) is 4.70. The van der Waals surface area contributed by atoms with Crippen molar-refractivity contribution in [1.29, 1.82) is 0 Å². The van der Waals surface area contributed by atoms with Gasteiger partial charge in [0.25, 0.3) is 0 Å². The van der Waals surface area contributed by atoms with Gasteiger partial charge in [-0.05, 0) is 36.5 Å². The molecule has 1 aliphatic rings. The monoisotopic (exact) mass is 189 g/mol. The second-order valence-corrected chi connectivity index (χ2v) is 3.47. The Balaban J connectivity index is 2.49. The Hall–Kier alpha value is -1.60. The standard InChI is InChI=1S/C11H11NO2/c13-7-12-10-5-1-4-9-8(10)3-2-6-11(9)14/h2-3,6,10,14H,1,4-5H2. The van der Waals surface area contributed by atoms with E-state index in [1.807, 2.05) is 6.07 Å². The molecule has 0 saturated heterocycles. The van der Waals surface area contributed by atoms with Gasteiger partial charge in [0, 0.05) is 0 Å². The van der Waals surface area contributed by atoms with Gasteiger partial charge in [0.15, 0.2) is 0 Å². The normalized spacial score (nSPS) is 19.6. The van der Waals surface area contributed by atoms with E-state index in [1.54, 1.807) is 18.2 Å². The predicted octanol–water partition coefficient (Wildman–Crippen LogP) is 2.11. The Kier molecular flexibility index (Phi) is 2.33. The molecule has 0 aliphatic heterocycles. The molecule has 14 heavy (non-hydrogen) atoms. The van der Waals surface area contributed by atoms with Crippen LogP contribution in [0.4, 0.5) is 0 Å². The third-order valence-electron chi connectivity index (χ3n) is 2.66. The summed E-state index contributed by atoms with van der Waals surface area (Å²) in [5.74, 6) is 0.313. The number of benzene rings is 1. The Labute approximate surface area is 82.1 Å². The maximum Gasteiger partial charge on any atom is 0.235 e. The van der Waals surface area contributed by atoms with E-state index < -0.39 is 0 Å². The van der Waals surface area contributed by atoms with Crippen LogP contribution in [-0.2, 0) is 11.2 Å². The van der Waals surface area contributed by atoms with Crippen LogP contribution in [0.25, 0.3) is 0 Å². The number of aliphatic imine (C=N–C) groups is 1. The quantitative estimate of drug-likeness (QED) is 0.543. The third-order valence-corrected chi connectivity index (χ3v) is 2.66. The van der Waals surface area contributed by atoms with Gasteiger partial charge in [-0.1, -0.05) is 12.1 Å². The summed E-state index contributed by atoms with van der Waals surface area (Å²) < 4.78 is 0. The lowest BCUT2D eigenvalue weighted by atomic mass is 9.87. The van der Waals surface area contributed by atoms with E-state index in [0.29, 0.717) is 5.75 Å². The summed E-state index contributed by atoms with van der Waals surface area (Å²) in [6, 6.07) is 5.27. The van der Waals surface area contributed by atoms with Gasteiger partial charge in [-0.15, -0.1) is 0 Å². The molecule has 0 fully saturated rings. The third kappa shape index (κ3) is 1.42. The summed E-state index contributed by atoms with van der Waals surface area (Å²) >= 11 is 0. The minimum absolute atomic E-state index is 0.108. The lowest BCUT2D eigenvalue weighted by Crippen LogP contribution is -2.07. The molecule has 0 spiro atoms. The van der Waals surface area contributed by atoms with Gasteiger partial charge in [0.2, 0.25) is 6.08 Å². The van der Waals surface area contributed by atoms with E-state index in [4.69, 9.17) is 0 Å². The fraction of sp³-hybridized carbons (Fsp3) is 0.364. The smallest absolute Gasteiger partial charge is 0.235 e. The van der Waals surface area contributed by atoms with Gasteiger partial charge in [0.05, 0.1) is 6.04 Å². The summed E-state index contributed by atoms with van der Waals surface area (Å²) in [7, 11) is 0. The minimum atomic E-state index is -0.108. The Bertz CT molecular complexity index is 394. The molecule has 0 saturated carbocycles. The second-order valence-electron chi connectivity index (χ2n) is 3.47. The van der Waals surface area contributed by atoms with Crippen LogP contribution in [0.1, 0.15) is 30.0 Å². The molecule has 3 nitrogen and oxygen atoms in total. The number of fused-ring (bicyclic) bond motifs is 1. The van der Waals surface area contributed by atoms with Crippen molar-refractivity contribution in [1.82, 2.24) is 0 Å². The largest absolute Gasteiger partial charge is 0.508 e. The van der Waals surface area contributed by atoms with Crippen LogP contribution in [0, 0.1) is 0 Å². The molecule has 0 amide bonds. The molecule has 3 heteroatoms. The Morgan fingerprint density at radius 1 is 1.50 bits per heavy atom. The highest BCUT2D eigenvalue weighted by molar-refractivity contribution is 5.44. The van der Waals surface area contributed by atoms with Crippen LogP contribution in [0.3, 0.4) is 0 Å². The molecular weight excluding hydrogens is 178 g/mol. The maximum absolute atomic E-state index is 10.2. The molecule has 1 atom stereocenters. The maximum atomic E-state index is 10.2. The van der Waals surface area contributed by atoms with Crippen LogP contribution in [-0.4, -0.2) is 11.2 Å². The molecule has 2 rings (SSSR count). The lowest BCUT2D eigenvalue weighted by molar-refractivity contribution is 0.454. The number of phenols is 1. The van der Waals surface area contributed by atoms with Crippen LogP contribution in [0.15, 0.2) is 23.2 Å². The van der Waals surface area contributed by atoms with Crippen LogP contribution >= 0.6 is 0 Å². The number of nitrogens with zero attached hydrogens (tertiary/aromatic N) is 1. The number of phenolic OH excluding ortho intramolecular Hbond substituents is 1. The average molecular weight is 189 g/mol. The van der Waals surface area contributed by atoms with Crippen molar-refractivity contribution in [2.24, 2.45) is 4.99 Å². The van der Waals surface area contributed by atoms with Crippen molar-refractivity contribution < 1.29 is 9.90 Å². The van der Waals surface area contributed by atoms with Gasteiger partial charge < -0.3 is 5.11 Å². The number of isocyanates is 1. The Morgan fingerprint density at radius 3 is 3.14 bits per heavy atom. The number of aromatic hydroxyl groups is 1. The van der Waals surface area contributed by atoms with E-state index in [-0.39, 0.29) is 6.04 Å². The van der Waals surface area contributed by atoms with Crippen molar-refractivity contribution >= 4 is 6.08 Å². The zero-order valence-corrected chi connectivity index (χ0v) is 7.73. The predicted molar refractivity (Wildman–Crippen MR) is 51.9 cm³/mol. The molecule has 1 aromatic carbocycles. The number of hydrogen-bond donors (Lipinski definition) is 1. The molecule has 0 bridgehead atoms. The zero-order valence-electron chi connectivity index (χ0n) is 7.73. The van der Waals surface area contributed by atoms with E-state index in [2.05, 4.69) is 4.99 Å². The summed E-state index contributed by atoms with van der Waals surface area (Å²) in [5, 5.41) is 9.60. The van der Waals surface area contributed by atoms with Crippen molar-refractivity contribution in [3.05, 3.63) is 29.3 Å². The highest BCUT2D eigenvalue weighted by atomic mass is 16.3. The molecule has 1 aliphatic carbocycles. The van der Waals surface area contributed by atoms with E-state index in [1.165, 1.54) is 0 Å². The minimum Gasteiger partial charge on any atom is -0.508 e. The first-order valence-corrected chi connectivity index (χ1v) is 4.70. The summed E-state index contributed by atoms with van der Waals surface area (Å²) in [4.78, 5) is 14.0. The second kappa shape index (κ2) is 3.64. The van der Waals surface area contributed by atoms with Crippen LogP contribution < -0.4 is 0 Å². The molecular formula is C11H11NO2.